The van der Waals surface area contributed by atoms with Crippen LogP contribution in [0, 0.1) is 5.82 Å². The van der Waals surface area contributed by atoms with Crippen LogP contribution >= 0.6 is 23.4 Å². The van der Waals surface area contributed by atoms with Crippen molar-refractivity contribution in [2.24, 2.45) is 0 Å². The van der Waals surface area contributed by atoms with Crippen LogP contribution in [0.25, 0.3) is 0 Å². The number of rotatable bonds is 3. The monoisotopic (exact) mass is 398 g/mol. The van der Waals surface area contributed by atoms with Crippen LogP contribution in [-0.4, -0.2) is 34.8 Å². The molecule has 0 aromatic heterocycles. The van der Waals surface area contributed by atoms with Crippen LogP contribution < -0.4 is 10.6 Å². The van der Waals surface area contributed by atoms with Gasteiger partial charge in [0.15, 0.2) is 0 Å². The molecule has 2 amide bonds. The van der Waals surface area contributed by atoms with Crippen molar-refractivity contribution in [3.8, 4) is 0 Å². The minimum Gasteiger partial charge on any atom is -0.352 e. The van der Waals surface area contributed by atoms with Gasteiger partial charge in [-0.1, -0.05) is 17.7 Å². The molecule has 0 spiro atoms. The van der Waals surface area contributed by atoms with Crippen LogP contribution in [0.2, 0.25) is 5.02 Å². The Morgan fingerprint density at radius 3 is 2.77 bits per heavy atom. The van der Waals surface area contributed by atoms with Crippen molar-refractivity contribution in [2.45, 2.75) is 19.3 Å². The van der Waals surface area contributed by atoms with Crippen molar-refractivity contribution in [2.75, 3.05) is 13.7 Å². The molecule has 2 N–H and O–H groups in total. The Morgan fingerprint density at radius 2 is 2.15 bits per heavy atom. The molecule has 26 heavy (non-hydrogen) atoms. The van der Waals surface area contributed by atoms with Gasteiger partial charge >= 0.3 is 0 Å². The molecule has 6 nitrogen and oxygen atoms in total. The van der Waals surface area contributed by atoms with E-state index in [2.05, 4.69) is 10.6 Å². The molecule has 0 fully saturated rings. The fourth-order valence-electron chi connectivity index (χ4n) is 3.06. The number of nitrogens with one attached hydrogen (secondary N) is 2. The van der Waals surface area contributed by atoms with Crippen molar-refractivity contribution in [1.82, 2.24) is 20.0 Å². The van der Waals surface area contributed by atoms with Gasteiger partial charge in [-0.25, -0.2) is 4.39 Å². The standard InChI is InChI=1S/C17H17Cl2FN4O2/c1-9-16(17(26)22-14-7-24(19)8-21-14)12(6-15(25)23(9)2)11-4-3-10(18)5-13(11)20/h3-5,7,12,21H,6,8H2,1-2H3,(H,22,26). The smallest absolute Gasteiger partial charge is 0.255 e. The molecular formula is C17H17Cl2FN4O2. The maximum atomic E-state index is 14.5. The van der Waals surface area contributed by atoms with Crippen LogP contribution in [-0.2, 0) is 9.59 Å². The largest absolute Gasteiger partial charge is 0.352 e. The molecule has 0 aliphatic carbocycles. The summed E-state index contributed by atoms with van der Waals surface area (Å²) in [5.41, 5.74) is 1.05. The minimum absolute atomic E-state index is 0.0107. The van der Waals surface area contributed by atoms with Gasteiger partial charge in [0, 0.05) is 47.5 Å². The Balaban J connectivity index is 2.00. The van der Waals surface area contributed by atoms with Gasteiger partial charge in [-0.2, -0.15) is 0 Å². The molecule has 9 heteroatoms. The number of hydrogen-bond donors (Lipinski definition) is 2. The van der Waals surface area contributed by atoms with E-state index in [0.29, 0.717) is 23.8 Å². The maximum Gasteiger partial charge on any atom is 0.255 e. The summed E-state index contributed by atoms with van der Waals surface area (Å²) >= 11 is 11.6. The first-order valence-corrected chi connectivity index (χ1v) is 8.61. The number of amides is 2. The van der Waals surface area contributed by atoms with E-state index in [1.54, 1.807) is 20.0 Å². The van der Waals surface area contributed by atoms with Crippen molar-refractivity contribution in [3.05, 3.63) is 57.9 Å². The molecule has 1 unspecified atom stereocenters. The number of carbonyl (C=O) groups excluding carboxylic acids is 2. The Bertz CT molecular complexity index is 840. The second kappa shape index (κ2) is 7.17. The molecule has 2 aliphatic heterocycles. The van der Waals surface area contributed by atoms with Gasteiger partial charge < -0.3 is 15.5 Å². The highest BCUT2D eigenvalue weighted by molar-refractivity contribution is 6.30. The number of carbonyl (C=O) groups is 2. The first-order valence-electron chi connectivity index (χ1n) is 7.89. The summed E-state index contributed by atoms with van der Waals surface area (Å²) in [6, 6.07) is 4.23. The number of hydrogen-bond acceptors (Lipinski definition) is 4. The Morgan fingerprint density at radius 1 is 1.42 bits per heavy atom. The van der Waals surface area contributed by atoms with Crippen molar-refractivity contribution < 1.29 is 14.0 Å². The normalized spacial score (nSPS) is 20.3. The zero-order valence-electron chi connectivity index (χ0n) is 14.1. The first-order chi connectivity index (χ1) is 12.3. The van der Waals surface area contributed by atoms with Gasteiger partial charge in [-0.15, -0.1) is 0 Å². The van der Waals surface area contributed by atoms with Gasteiger partial charge in [-0.05, 0) is 24.6 Å². The average molecular weight is 399 g/mol. The quantitative estimate of drug-likeness (QED) is 0.768. The highest BCUT2D eigenvalue weighted by Gasteiger charge is 2.36. The number of halogens is 3. The lowest BCUT2D eigenvalue weighted by Gasteiger charge is -2.32. The lowest BCUT2D eigenvalue weighted by atomic mass is 9.83. The third kappa shape index (κ3) is 3.50. The number of nitrogens with zero attached hydrogens (tertiary/aromatic N) is 2. The second-order valence-corrected chi connectivity index (χ2v) is 6.98. The van der Waals surface area contributed by atoms with Crippen LogP contribution in [0.3, 0.4) is 0 Å². The Hall–Kier alpha value is -2.25. The summed E-state index contributed by atoms with van der Waals surface area (Å²) in [5, 5.41) is 5.88. The van der Waals surface area contributed by atoms with E-state index < -0.39 is 17.6 Å². The van der Waals surface area contributed by atoms with E-state index in [0.717, 1.165) is 0 Å². The van der Waals surface area contributed by atoms with Crippen molar-refractivity contribution in [1.29, 1.82) is 0 Å². The molecule has 3 rings (SSSR count). The highest BCUT2D eigenvalue weighted by atomic mass is 35.5. The fourth-order valence-corrected chi connectivity index (χ4v) is 3.38. The molecule has 0 radical (unpaired) electrons. The van der Waals surface area contributed by atoms with Gasteiger partial charge in [-0.3, -0.25) is 14.0 Å². The third-order valence-electron chi connectivity index (χ3n) is 4.51. The zero-order chi connectivity index (χ0) is 19.0. The van der Waals surface area contributed by atoms with Gasteiger partial charge in [0.05, 0.1) is 6.20 Å². The molecule has 2 heterocycles. The average Bonchev–Trinajstić information content (AvgIpc) is 2.97. The SMILES string of the molecule is CC1=C(C(=O)NC2=CN(Cl)CN2)C(c2ccc(Cl)cc2F)CC(=O)N1C. The van der Waals surface area contributed by atoms with E-state index in [-0.39, 0.29) is 22.9 Å². The van der Waals surface area contributed by atoms with Crippen LogP contribution in [0.5, 0.6) is 0 Å². The van der Waals surface area contributed by atoms with E-state index >= 15 is 0 Å². The van der Waals surface area contributed by atoms with Crippen LogP contribution in [0.15, 0.2) is 41.5 Å². The number of allylic oxidation sites excluding steroid dienone is 1. The van der Waals surface area contributed by atoms with Crippen LogP contribution in [0.1, 0.15) is 24.8 Å². The highest BCUT2D eigenvalue weighted by Crippen LogP contribution is 2.37. The van der Waals surface area contributed by atoms with Gasteiger partial charge in [0.2, 0.25) is 5.91 Å². The van der Waals surface area contributed by atoms with E-state index in [1.807, 2.05) is 0 Å². The third-order valence-corrected chi connectivity index (χ3v) is 4.97. The predicted octanol–water partition coefficient (Wildman–Crippen LogP) is 2.63. The second-order valence-electron chi connectivity index (χ2n) is 6.11. The molecule has 0 saturated heterocycles. The lowest BCUT2D eigenvalue weighted by Crippen LogP contribution is -2.40. The summed E-state index contributed by atoms with van der Waals surface area (Å²) in [6.07, 6.45) is 1.52. The van der Waals surface area contributed by atoms with E-state index in [1.165, 1.54) is 27.7 Å². The summed E-state index contributed by atoms with van der Waals surface area (Å²) in [4.78, 5) is 26.6. The lowest BCUT2D eigenvalue weighted by molar-refractivity contribution is -0.129. The predicted molar refractivity (Wildman–Crippen MR) is 96.2 cm³/mol. The summed E-state index contributed by atoms with van der Waals surface area (Å²) in [5.74, 6) is -1.44. The minimum atomic E-state index is -0.704. The van der Waals surface area contributed by atoms with Gasteiger partial charge in [0.25, 0.3) is 5.91 Å². The molecule has 138 valence electrons. The summed E-state index contributed by atoms with van der Waals surface area (Å²) in [7, 11) is 1.59. The molecule has 1 aromatic rings. The zero-order valence-corrected chi connectivity index (χ0v) is 15.7. The Labute approximate surface area is 160 Å². The molecule has 0 bridgehead atoms. The molecule has 0 saturated carbocycles. The van der Waals surface area contributed by atoms with Crippen molar-refractivity contribution >= 4 is 35.2 Å². The summed E-state index contributed by atoms with van der Waals surface area (Å²) < 4.78 is 15.8. The van der Waals surface area contributed by atoms with E-state index in [4.69, 9.17) is 23.4 Å². The van der Waals surface area contributed by atoms with Gasteiger partial charge in [0.1, 0.15) is 18.3 Å². The molecule has 2 aliphatic rings. The fraction of sp³-hybridized carbons (Fsp3) is 0.294. The topological polar surface area (TPSA) is 64.7 Å². The Kier molecular flexibility index (Phi) is 5.11. The van der Waals surface area contributed by atoms with E-state index in [9.17, 15) is 14.0 Å². The summed E-state index contributed by atoms with van der Waals surface area (Å²) in [6.45, 7) is 2.01. The van der Waals surface area contributed by atoms with Crippen LogP contribution in [0.4, 0.5) is 4.39 Å². The first kappa shape index (κ1) is 18.5. The number of benzene rings is 1. The molecule has 1 atom stereocenters. The van der Waals surface area contributed by atoms with Crippen molar-refractivity contribution in [3.63, 3.8) is 0 Å². The maximum absolute atomic E-state index is 14.5. The molecule has 1 aromatic carbocycles. The molecular weight excluding hydrogens is 382 g/mol.